The van der Waals surface area contributed by atoms with E-state index in [-0.39, 0.29) is 17.8 Å². The normalized spacial score (nSPS) is 16.0. The molecule has 1 aliphatic rings. The van der Waals surface area contributed by atoms with Gasteiger partial charge in [0.1, 0.15) is 11.6 Å². The summed E-state index contributed by atoms with van der Waals surface area (Å²) in [7, 11) is 0. The van der Waals surface area contributed by atoms with Gasteiger partial charge in [-0.2, -0.15) is 0 Å². The number of carbonyl (C=O) groups is 1. The minimum atomic E-state index is -0.344. The van der Waals surface area contributed by atoms with Crippen molar-refractivity contribution in [1.82, 2.24) is 20.1 Å². The van der Waals surface area contributed by atoms with Crippen molar-refractivity contribution in [3.05, 3.63) is 35.9 Å². The molecule has 1 aromatic heterocycles. The fraction of sp³-hybridized carbons (Fsp3) is 0.550. The molecule has 0 spiro atoms. The lowest BCUT2D eigenvalue weighted by atomic mass is 9.95. The van der Waals surface area contributed by atoms with Crippen molar-refractivity contribution in [3.63, 3.8) is 0 Å². The number of hydrogen-bond acceptors (Lipinski definition) is 5. The molecule has 0 bridgehead atoms. The first-order valence-electron chi connectivity index (χ1n) is 9.84. The lowest BCUT2D eigenvalue weighted by molar-refractivity contribution is -0.119. The summed E-state index contributed by atoms with van der Waals surface area (Å²) < 4.78 is 20.9. The number of hydrogen-bond donors (Lipinski definition) is 1. The third-order valence-electron chi connectivity index (χ3n) is 4.85. The van der Waals surface area contributed by atoms with Gasteiger partial charge >= 0.3 is 0 Å². The molecule has 1 N–H and O–H groups in total. The van der Waals surface area contributed by atoms with Gasteiger partial charge in [-0.3, -0.25) is 4.79 Å². The fourth-order valence-corrected chi connectivity index (χ4v) is 4.24. The Morgan fingerprint density at radius 2 is 2.00 bits per heavy atom. The SMILES string of the molecule is CCn1c(SCC(=O)NC2CCCCC2)nnc1C(C)Oc1ccc(F)cc1. The summed E-state index contributed by atoms with van der Waals surface area (Å²) in [6, 6.07) is 6.20. The van der Waals surface area contributed by atoms with Gasteiger partial charge in [-0.05, 0) is 51.0 Å². The second kappa shape index (κ2) is 9.91. The highest BCUT2D eigenvalue weighted by Gasteiger charge is 2.20. The highest BCUT2D eigenvalue weighted by atomic mass is 32.2. The first kappa shape index (κ1) is 20.6. The van der Waals surface area contributed by atoms with Crippen LogP contribution in [0.15, 0.2) is 29.4 Å². The van der Waals surface area contributed by atoms with E-state index in [1.165, 1.54) is 43.2 Å². The summed E-state index contributed by atoms with van der Waals surface area (Å²) in [4.78, 5) is 12.2. The molecule has 1 saturated carbocycles. The highest BCUT2D eigenvalue weighted by Crippen LogP contribution is 2.25. The van der Waals surface area contributed by atoms with Crippen molar-refractivity contribution >= 4 is 17.7 Å². The van der Waals surface area contributed by atoms with Gasteiger partial charge in [0.25, 0.3) is 0 Å². The van der Waals surface area contributed by atoms with Crippen LogP contribution in [0.4, 0.5) is 4.39 Å². The first-order chi connectivity index (χ1) is 13.6. The molecule has 8 heteroatoms. The molecule has 1 amide bonds. The largest absolute Gasteiger partial charge is 0.483 e. The summed E-state index contributed by atoms with van der Waals surface area (Å²) in [5.74, 6) is 1.31. The summed E-state index contributed by atoms with van der Waals surface area (Å²) >= 11 is 1.39. The molecule has 1 heterocycles. The van der Waals surface area contributed by atoms with Crippen LogP contribution in [0.5, 0.6) is 5.75 Å². The van der Waals surface area contributed by atoms with E-state index in [0.29, 0.717) is 35.1 Å². The van der Waals surface area contributed by atoms with E-state index in [1.807, 2.05) is 18.4 Å². The Kier molecular flexibility index (Phi) is 7.30. The van der Waals surface area contributed by atoms with Gasteiger partial charge in [0.2, 0.25) is 5.91 Å². The molecule has 1 aliphatic carbocycles. The second-order valence-electron chi connectivity index (χ2n) is 6.99. The monoisotopic (exact) mass is 406 g/mol. The Bertz CT molecular complexity index is 775. The third-order valence-corrected chi connectivity index (χ3v) is 5.82. The van der Waals surface area contributed by atoms with Crippen LogP contribution in [-0.2, 0) is 11.3 Å². The molecule has 1 aromatic carbocycles. The van der Waals surface area contributed by atoms with Crippen molar-refractivity contribution < 1.29 is 13.9 Å². The number of carbonyl (C=O) groups excluding carboxylic acids is 1. The number of nitrogens with one attached hydrogen (secondary N) is 1. The molecular weight excluding hydrogens is 379 g/mol. The van der Waals surface area contributed by atoms with Gasteiger partial charge in [0, 0.05) is 12.6 Å². The standard InChI is InChI=1S/C20H27FN4O2S/c1-3-25-19(14(2)27-17-11-9-15(21)10-12-17)23-24-20(25)28-13-18(26)22-16-7-5-4-6-8-16/h9-12,14,16H,3-8,13H2,1-2H3,(H,22,26). The Balaban J connectivity index is 1.57. The van der Waals surface area contributed by atoms with E-state index >= 15 is 0 Å². The number of amides is 1. The molecule has 0 radical (unpaired) electrons. The number of nitrogens with zero attached hydrogens (tertiary/aromatic N) is 3. The molecule has 0 saturated heterocycles. The Morgan fingerprint density at radius 1 is 1.29 bits per heavy atom. The van der Waals surface area contributed by atoms with Crippen LogP contribution >= 0.6 is 11.8 Å². The van der Waals surface area contributed by atoms with Gasteiger partial charge in [-0.15, -0.1) is 10.2 Å². The van der Waals surface area contributed by atoms with Crippen molar-refractivity contribution in [2.75, 3.05) is 5.75 Å². The van der Waals surface area contributed by atoms with Crippen molar-refractivity contribution in [3.8, 4) is 5.75 Å². The van der Waals surface area contributed by atoms with Gasteiger partial charge in [-0.25, -0.2) is 4.39 Å². The third kappa shape index (κ3) is 5.47. The van der Waals surface area contributed by atoms with Crippen LogP contribution in [-0.4, -0.2) is 32.5 Å². The Hall–Kier alpha value is -2.09. The van der Waals surface area contributed by atoms with Crippen LogP contribution in [0.1, 0.15) is 57.9 Å². The van der Waals surface area contributed by atoms with Gasteiger partial charge in [0.05, 0.1) is 5.75 Å². The maximum atomic E-state index is 13.0. The maximum absolute atomic E-state index is 13.0. The molecule has 0 aliphatic heterocycles. The van der Waals surface area contributed by atoms with E-state index in [9.17, 15) is 9.18 Å². The topological polar surface area (TPSA) is 69.0 Å². The molecule has 28 heavy (non-hydrogen) atoms. The zero-order valence-corrected chi connectivity index (χ0v) is 17.2. The minimum Gasteiger partial charge on any atom is -0.483 e. The van der Waals surface area contributed by atoms with Crippen LogP contribution in [0.2, 0.25) is 0 Å². The van der Waals surface area contributed by atoms with Crippen molar-refractivity contribution in [2.45, 2.75) is 69.8 Å². The number of thioether (sulfide) groups is 1. The Labute approximate surface area is 169 Å². The number of rotatable bonds is 8. The number of benzene rings is 1. The quantitative estimate of drug-likeness (QED) is 0.668. The molecule has 6 nitrogen and oxygen atoms in total. The molecular formula is C20H27FN4O2S. The zero-order chi connectivity index (χ0) is 19.9. The maximum Gasteiger partial charge on any atom is 0.230 e. The predicted molar refractivity (Wildman–Crippen MR) is 107 cm³/mol. The van der Waals surface area contributed by atoms with Crippen LogP contribution in [0, 0.1) is 5.82 Å². The summed E-state index contributed by atoms with van der Waals surface area (Å²) in [5, 5.41) is 12.3. The van der Waals surface area contributed by atoms with E-state index in [1.54, 1.807) is 12.1 Å². The number of halogens is 1. The predicted octanol–water partition coefficient (Wildman–Crippen LogP) is 4.12. The molecule has 2 aromatic rings. The lowest BCUT2D eigenvalue weighted by Crippen LogP contribution is -2.37. The molecule has 1 fully saturated rings. The van der Waals surface area contributed by atoms with Crippen molar-refractivity contribution in [1.29, 1.82) is 0 Å². The van der Waals surface area contributed by atoms with Gasteiger partial charge in [0.15, 0.2) is 17.1 Å². The lowest BCUT2D eigenvalue weighted by Gasteiger charge is -2.22. The second-order valence-corrected chi connectivity index (χ2v) is 7.93. The molecule has 3 rings (SSSR count). The first-order valence-corrected chi connectivity index (χ1v) is 10.8. The highest BCUT2D eigenvalue weighted by molar-refractivity contribution is 7.99. The molecule has 1 unspecified atom stereocenters. The Morgan fingerprint density at radius 3 is 2.68 bits per heavy atom. The zero-order valence-electron chi connectivity index (χ0n) is 16.4. The van der Waals surface area contributed by atoms with Gasteiger partial charge < -0.3 is 14.6 Å². The smallest absolute Gasteiger partial charge is 0.230 e. The van der Waals surface area contributed by atoms with Crippen LogP contribution in [0.3, 0.4) is 0 Å². The molecule has 1 atom stereocenters. The van der Waals surface area contributed by atoms with Crippen molar-refractivity contribution in [2.24, 2.45) is 0 Å². The fourth-order valence-electron chi connectivity index (χ4n) is 3.42. The number of aromatic nitrogens is 3. The number of ether oxygens (including phenoxy) is 1. The van der Waals surface area contributed by atoms with Crippen LogP contribution in [0.25, 0.3) is 0 Å². The summed E-state index contributed by atoms with van der Waals surface area (Å²) in [6.45, 7) is 4.55. The van der Waals surface area contributed by atoms with E-state index in [4.69, 9.17) is 4.74 Å². The van der Waals surface area contributed by atoms with E-state index in [0.717, 1.165) is 12.8 Å². The van der Waals surface area contributed by atoms with E-state index < -0.39 is 0 Å². The summed E-state index contributed by atoms with van der Waals surface area (Å²) in [6.07, 6.45) is 5.45. The average Bonchev–Trinajstić information content (AvgIpc) is 3.12. The molecule has 152 valence electrons. The van der Waals surface area contributed by atoms with Gasteiger partial charge in [-0.1, -0.05) is 31.0 Å². The van der Waals surface area contributed by atoms with Crippen LogP contribution < -0.4 is 10.1 Å². The summed E-state index contributed by atoms with van der Waals surface area (Å²) in [5.41, 5.74) is 0. The average molecular weight is 407 g/mol. The van der Waals surface area contributed by atoms with E-state index in [2.05, 4.69) is 15.5 Å². The minimum absolute atomic E-state index is 0.0414.